The van der Waals surface area contributed by atoms with E-state index < -0.39 is 0 Å². The Bertz CT molecular complexity index is 3080. The Morgan fingerprint density at radius 1 is 0.462 bits per heavy atom. The smallest absolute Gasteiger partial charge is 0.143 e. The summed E-state index contributed by atoms with van der Waals surface area (Å²) in [6.07, 6.45) is 0. The van der Waals surface area contributed by atoms with Crippen LogP contribution in [0.1, 0.15) is 0 Å². The zero-order valence-corrected chi connectivity index (χ0v) is 28.8. The zero-order chi connectivity index (χ0) is 34.2. The Morgan fingerprint density at radius 2 is 1.08 bits per heavy atom. The molecule has 0 saturated carbocycles. The molecule has 3 heterocycles. The van der Waals surface area contributed by atoms with Crippen LogP contribution in [0.4, 0.5) is 17.1 Å². The van der Waals surface area contributed by atoms with E-state index >= 15 is 0 Å². The van der Waals surface area contributed by atoms with Gasteiger partial charge in [0, 0.05) is 64.3 Å². The first kappa shape index (κ1) is 29.1. The molecule has 0 aliphatic rings. The van der Waals surface area contributed by atoms with Crippen LogP contribution in [0.15, 0.2) is 186 Å². The molecule has 11 rings (SSSR count). The second kappa shape index (κ2) is 11.5. The number of anilines is 3. The molecular weight excluding hydrogens is 653 g/mol. The zero-order valence-electron chi connectivity index (χ0n) is 28.0. The number of thiophene rings is 1. The van der Waals surface area contributed by atoms with Crippen LogP contribution in [0.2, 0.25) is 0 Å². The normalized spacial score (nSPS) is 11.8. The van der Waals surface area contributed by atoms with Crippen LogP contribution >= 0.6 is 11.3 Å². The van der Waals surface area contributed by atoms with Crippen LogP contribution in [0.25, 0.3) is 80.7 Å². The molecule has 8 aromatic carbocycles. The summed E-state index contributed by atoms with van der Waals surface area (Å²) in [4.78, 5) is 2.39. The number of aromatic nitrogens is 1. The molecule has 0 fully saturated rings. The maximum atomic E-state index is 6.66. The van der Waals surface area contributed by atoms with E-state index in [2.05, 4.69) is 185 Å². The van der Waals surface area contributed by atoms with Crippen molar-refractivity contribution in [1.82, 2.24) is 4.57 Å². The standard InChI is InChI=1S/C48H30N2OS/c1-2-13-32(14-3-1)49(43-21-12-24-46-47(43)38-18-7-11-23-45(38)52-46)33-27-25-31(26-28-33)39-29-34(30-40-37-17-6-10-22-44(37)51-48(39)40)50-41-19-8-4-15-35(41)36-16-5-9-20-42(36)50/h1-30H. The van der Waals surface area contributed by atoms with Crippen molar-refractivity contribution in [3.8, 4) is 16.8 Å². The average molecular weight is 683 g/mol. The summed E-state index contributed by atoms with van der Waals surface area (Å²) in [5, 5.41) is 7.27. The molecule has 3 nitrogen and oxygen atoms in total. The molecule has 0 saturated heterocycles. The number of nitrogens with zero attached hydrogens (tertiary/aromatic N) is 2. The van der Waals surface area contributed by atoms with Crippen molar-refractivity contribution < 1.29 is 4.42 Å². The molecule has 0 atom stereocenters. The number of rotatable bonds is 5. The maximum absolute atomic E-state index is 6.66. The third-order valence-electron chi connectivity index (χ3n) is 10.4. The Balaban J connectivity index is 1.13. The Morgan fingerprint density at radius 3 is 1.85 bits per heavy atom. The molecule has 0 unspecified atom stereocenters. The maximum Gasteiger partial charge on any atom is 0.143 e. The van der Waals surface area contributed by atoms with Gasteiger partial charge in [0.2, 0.25) is 0 Å². The lowest BCUT2D eigenvalue weighted by atomic mass is 10.00. The minimum Gasteiger partial charge on any atom is -0.455 e. The first-order chi connectivity index (χ1) is 25.8. The van der Waals surface area contributed by atoms with Crippen LogP contribution in [0, 0.1) is 0 Å². The van der Waals surface area contributed by atoms with Crippen LogP contribution in [0.3, 0.4) is 0 Å². The van der Waals surface area contributed by atoms with Crippen molar-refractivity contribution in [2.24, 2.45) is 0 Å². The lowest BCUT2D eigenvalue weighted by molar-refractivity contribution is 0.670. The molecule has 244 valence electrons. The molecule has 52 heavy (non-hydrogen) atoms. The highest BCUT2D eigenvalue weighted by molar-refractivity contribution is 7.26. The van der Waals surface area contributed by atoms with Gasteiger partial charge < -0.3 is 13.9 Å². The molecule has 0 amide bonds. The number of furan rings is 1. The largest absolute Gasteiger partial charge is 0.455 e. The first-order valence-corrected chi connectivity index (χ1v) is 18.4. The summed E-state index contributed by atoms with van der Waals surface area (Å²) in [6, 6.07) is 65.4. The molecule has 0 N–H and O–H groups in total. The SMILES string of the molecule is c1ccc(N(c2ccc(-c3cc(-n4c5ccccc5c5ccccc54)cc4c3oc3ccccc34)cc2)c2cccc3sc4ccccc4c23)cc1. The summed E-state index contributed by atoms with van der Waals surface area (Å²) in [6.45, 7) is 0. The van der Waals surface area contributed by atoms with E-state index in [1.165, 1.54) is 47.7 Å². The van der Waals surface area contributed by atoms with Crippen LogP contribution < -0.4 is 4.90 Å². The molecule has 0 aliphatic carbocycles. The van der Waals surface area contributed by atoms with Crippen LogP contribution in [-0.2, 0) is 0 Å². The van der Waals surface area contributed by atoms with E-state index in [4.69, 9.17) is 4.42 Å². The van der Waals surface area contributed by atoms with Gasteiger partial charge in [-0.1, -0.05) is 109 Å². The Hall–Kier alpha value is -6.62. The predicted octanol–water partition coefficient (Wildman–Crippen LogP) is 14.2. The quantitative estimate of drug-likeness (QED) is 0.180. The van der Waals surface area contributed by atoms with E-state index in [1.807, 2.05) is 17.4 Å². The lowest BCUT2D eigenvalue weighted by Gasteiger charge is -2.26. The second-order valence-corrected chi connectivity index (χ2v) is 14.4. The molecular formula is C48H30N2OS. The van der Waals surface area contributed by atoms with E-state index in [0.717, 1.165) is 50.1 Å². The highest BCUT2D eigenvalue weighted by atomic mass is 32.1. The lowest BCUT2D eigenvalue weighted by Crippen LogP contribution is -2.10. The fourth-order valence-electron chi connectivity index (χ4n) is 8.09. The van der Waals surface area contributed by atoms with Crippen molar-refractivity contribution in [2.45, 2.75) is 0 Å². The summed E-state index contributed by atoms with van der Waals surface area (Å²) in [7, 11) is 0. The monoisotopic (exact) mass is 682 g/mol. The molecule has 0 spiro atoms. The summed E-state index contributed by atoms with van der Waals surface area (Å²) >= 11 is 1.85. The summed E-state index contributed by atoms with van der Waals surface area (Å²) in [5.74, 6) is 0. The minimum absolute atomic E-state index is 0.890. The van der Waals surface area contributed by atoms with Crippen molar-refractivity contribution in [3.63, 3.8) is 0 Å². The van der Waals surface area contributed by atoms with E-state index in [9.17, 15) is 0 Å². The number of para-hydroxylation sites is 4. The fourth-order valence-corrected chi connectivity index (χ4v) is 9.22. The summed E-state index contributed by atoms with van der Waals surface area (Å²) in [5.41, 5.74) is 10.8. The van der Waals surface area contributed by atoms with Gasteiger partial charge in [-0.2, -0.15) is 0 Å². The van der Waals surface area contributed by atoms with Gasteiger partial charge in [0.05, 0.1) is 16.7 Å². The van der Waals surface area contributed by atoms with Gasteiger partial charge in [-0.05, 0) is 78.4 Å². The third-order valence-corrected chi connectivity index (χ3v) is 11.5. The fraction of sp³-hybridized carbons (Fsp3) is 0. The molecule has 4 heteroatoms. The summed E-state index contributed by atoms with van der Waals surface area (Å²) < 4.78 is 11.6. The van der Waals surface area contributed by atoms with E-state index in [0.29, 0.717) is 0 Å². The molecule has 0 aliphatic heterocycles. The highest BCUT2D eigenvalue weighted by Gasteiger charge is 2.21. The van der Waals surface area contributed by atoms with Gasteiger partial charge in [-0.15, -0.1) is 11.3 Å². The molecule has 11 aromatic rings. The van der Waals surface area contributed by atoms with Crippen molar-refractivity contribution in [1.29, 1.82) is 0 Å². The highest BCUT2D eigenvalue weighted by Crippen LogP contribution is 2.46. The van der Waals surface area contributed by atoms with Gasteiger partial charge in [0.25, 0.3) is 0 Å². The van der Waals surface area contributed by atoms with Crippen molar-refractivity contribution in [3.05, 3.63) is 182 Å². The number of fused-ring (bicyclic) bond motifs is 9. The van der Waals surface area contributed by atoms with Gasteiger partial charge in [0.1, 0.15) is 11.2 Å². The number of benzene rings is 8. The van der Waals surface area contributed by atoms with Gasteiger partial charge in [-0.3, -0.25) is 0 Å². The average Bonchev–Trinajstić information content (AvgIpc) is 3.88. The first-order valence-electron chi connectivity index (χ1n) is 17.6. The Kier molecular flexibility index (Phi) is 6.42. The minimum atomic E-state index is 0.890. The molecule has 0 bridgehead atoms. The van der Waals surface area contributed by atoms with Gasteiger partial charge >= 0.3 is 0 Å². The van der Waals surface area contributed by atoms with Crippen molar-refractivity contribution >= 4 is 92.3 Å². The van der Waals surface area contributed by atoms with E-state index in [-0.39, 0.29) is 0 Å². The molecule has 0 radical (unpaired) electrons. The van der Waals surface area contributed by atoms with Gasteiger partial charge in [0.15, 0.2) is 0 Å². The number of hydrogen-bond acceptors (Lipinski definition) is 3. The second-order valence-electron chi connectivity index (χ2n) is 13.3. The predicted molar refractivity (Wildman–Crippen MR) is 221 cm³/mol. The Labute approximate surface area is 303 Å². The van der Waals surface area contributed by atoms with Crippen LogP contribution in [-0.4, -0.2) is 4.57 Å². The van der Waals surface area contributed by atoms with E-state index in [1.54, 1.807) is 0 Å². The van der Waals surface area contributed by atoms with Crippen molar-refractivity contribution in [2.75, 3.05) is 4.90 Å². The third kappa shape index (κ3) is 4.38. The topological polar surface area (TPSA) is 21.3 Å². The molecule has 3 aromatic heterocycles. The van der Waals surface area contributed by atoms with Gasteiger partial charge in [-0.25, -0.2) is 0 Å². The number of hydrogen-bond donors (Lipinski definition) is 0. The van der Waals surface area contributed by atoms with Crippen LogP contribution in [0.5, 0.6) is 0 Å².